The Kier molecular flexibility index (Phi) is 5.59. The molecule has 0 bridgehead atoms. The van der Waals surface area contributed by atoms with E-state index in [0.29, 0.717) is 0 Å². The summed E-state index contributed by atoms with van der Waals surface area (Å²) in [6.45, 7) is 2.36. The van der Waals surface area contributed by atoms with E-state index in [2.05, 4.69) is 6.92 Å². The first-order valence-electron chi connectivity index (χ1n) is 8.37. The third kappa shape index (κ3) is 3.59. The van der Waals surface area contributed by atoms with Crippen LogP contribution >= 0.6 is 0 Å². The zero-order valence-corrected chi connectivity index (χ0v) is 13.0. The van der Waals surface area contributed by atoms with Crippen LogP contribution in [0.2, 0.25) is 23.7 Å². The van der Waals surface area contributed by atoms with E-state index in [-0.39, 0.29) is 0 Å². The molecule has 2 aliphatic rings. The van der Waals surface area contributed by atoms with Crippen molar-refractivity contribution in [3.8, 4) is 0 Å². The van der Waals surface area contributed by atoms with Gasteiger partial charge in [-0.3, -0.25) is 0 Å². The van der Waals surface area contributed by atoms with Gasteiger partial charge in [-0.25, -0.2) is 0 Å². The Hall–Kier alpha value is 0.217. The van der Waals surface area contributed by atoms with Gasteiger partial charge in [-0.1, -0.05) is 95.7 Å². The van der Waals surface area contributed by atoms with Gasteiger partial charge in [0, 0.05) is 0 Å². The van der Waals surface area contributed by atoms with Crippen molar-refractivity contribution in [1.29, 1.82) is 0 Å². The maximum Gasteiger partial charge on any atom is 0.0566 e. The van der Waals surface area contributed by atoms with E-state index in [4.69, 9.17) is 0 Å². The molecule has 1 heterocycles. The first-order valence-corrected chi connectivity index (χ1v) is 11.1. The Bertz CT molecular complexity index is 200. The highest BCUT2D eigenvalue weighted by Crippen LogP contribution is 2.47. The SMILES string of the molecule is CCCCC[Si]1(C2CCCCC2)CCCCC1. The summed E-state index contributed by atoms with van der Waals surface area (Å²) in [5, 5.41) is 0. The van der Waals surface area contributed by atoms with E-state index in [9.17, 15) is 0 Å². The van der Waals surface area contributed by atoms with Crippen LogP contribution < -0.4 is 0 Å². The summed E-state index contributed by atoms with van der Waals surface area (Å²) in [7, 11) is -0.819. The number of hydrogen-bond acceptors (Lipinski definition) is 0. The van der Waals surface area contributed by atoms with Gasteiger partial charge < -0.3 is 0 Å². The van der Waals surface area contributed by atoms with Crippen molar-refractivity contribution >= 4 is 8.07 Å². The summed E-state index contributed by atoms with van der Waals surface area (Å²) in [5.41, 5.74) is 1.24. The Labute approximate surface area is 110 Å². The van der Waals surface area contributed by atoms with Crippen LogP contribution in [0, 0.1) is 0 Å². The Balaban J connectivity index is 1.94. The molecule has 0 aromatic carbocycles. The fourth-order valence-electron chi connectivity index (χ4n) is 4.56. The average molecular weight is 253 g/mol. The van der Waals surface area contributed by atoms with Crippen molar-refractivity contribution in [3.63, 3.8) is 0 Å². The summed E-state index contributed by atoms with van der Waals surface area (Å²) in [4.78, 5) is 0. The van der Waals surface area contributed by atoms with Crippen LogP contribution in [-0.4, -0.2) is 8.07 Å². The van der Waals surface area contributed by atoms with Crippen LogP contribution in [0.1, 0.15) is 77.6 Å². The van der Waals surface area contributed by atoms with Crippen LogP contribution in [0.5, 0.6) is 0 Å². The normalized spacial score (nSPS) is 25.9. The average Bonchev–Trinajstić information content (AvgIpc) is 2.41. The van der Waals surface area contributed by atoms with Crippen molar-refractivity contribution in [2.45, 2.75) is 101 Å². The van der Waals surface area contributed by atoms with E-state index in [1.54, 1.807) is 69.5 Å². The van der Waals surface area contributed by atoms with Crippen LogP contribution in [0.15, 0.2) is 0 Å². The standard InChI is InChI=1S/C16H32Si/c1-2-3-8-13-17(14-9-5-10-15-17)16-11-6-4-7-12-16/h16H,2-15H2,1H3. The fraction of sp³-hybridized carbons (Fsp3) is 1.00. The summed E-state index contributed by atoms with van der Waals surface area (Å²) >= 11 is 0. The number of hydrogen-bond donors (Lipinski definition) is 0. The summed E-state index contributed by atoms with van der Waals surface area (Å²) < 4.78 is 0. The van der Waals surface area contributed by atoms with Gasteiger partial charge in [-0.2, -0.15) is 0 Å². The van der Waals surface area contributed by atoms with Gasteiger partial charge in [0.15, 0.2) is 0 Å². The highest BCUT2D eigenvalue weighted by atomic mass is 28.3. The van der Waals surface area contributed by atoms with Gasteiger partial charge in [0.2, 0.25) is 0 Å². The number of rotatable bonds is 5. The summed E-state index contributed by atoms with van der Waals surface area (Å²) in [6.07, 6.45) is 17.1. The van der Waals surface area contributed by atoms with Crippen LogP contribution in [0.3, 0.4) is 0 Å². The quantitative estimate of drug-likeness (QED) is 0.407. The first kappa shape index (κ1) is 13.6. The largest absolute Gasteiger partial charge is 0.0654 e. The van der Waals surface area contributed by atoms with Gasteiger partial charge in [-0.05, 0) is 5.54 Å². The molecule has 1 aliphatic heterocycles. The molecule has 0 unspecified atom stereocenters. The minimum Gasteiger partial charge on any atom is -0.0654 e. The number of unbranched alkanes of at least 4 members (excludes halogenated alkanes) is 2. The minimum absolute atomic E-state index is 0.819. The first-order chi connectivity index (χ1) is 8.37. The van der Waals surface area contributed by atoms with Gasteiger partial charge >= 0.3 is 0 Å². The monoisotopic (exact) mass is 252 g/mol. The van der Waals surface area contributed by atoms with Crippen LogP contribution in [-0.2, 0) is 0 Å². The van der Waals surface area contributed by atoms with Gasteiger partial charge in [0.25, 0.3) is 0 Å². The van der Waals surface area contributed by atoms with Gasteiger partial charge in [-0.15, -0.1) is 0 Å². The molecule has 2 fully saturated rings. The molecule has 1 saturated heterocycles. The molecular formula is C16H32Si. The second-order valence-electron chi connectivity index (χ2n) is 6.72. The van der Waals surface area contributed by atoms with E-state index in [1.807, 2.05) is 0 Å². The maximum atomic E-state index is 2.36. The molecular weight excluding hydrogens is 220 g/mol. The summed E-state index contributed by atoms with van der Waals surface area (Å²) in [6, 6.07) is 5.12. The molecule has 0 nitrogen and oxygen atoms in total. The Morgan fingerprint density at radius 3 is 2.12 bits per heavy atom. The van der Waals surface area contributed by atoms with Gasteiger partial charge in [0.05, 0.1) is 8.07 Å². The molecule has 0 atom stereocenters. The smallest absolute Gasteiger partial charge is 0.0566 e. The second-order valence-corrected chi connectivity index (χ2v) is 11.8. The second kappa shape index (κ2) is 6.97. The van der Waals surface area contributed by atoms with Crippen molar-refractivity contribution in [2.75, 3.05) is 0 Å². The lowest BCUT2D eigenvalue weighted by Crippen LogP contribution is -2.42. The zero-order chi connectivity index (χ0) is 12.0. The molecule has 1 aliphatic carbocycles. The molecule has 100 valence electrons. The van der Waals surface area contributed by atoms with Crippen molar-refractivity contribution in [3.05, 3.63) is 0 Å². The predicted molar refractivity (Wildman–Crippen MR) is 80.4 cm³/mol. The molecule has 0 spiro atoms. The topological polar surface area (TPSA) is 0 Å². The Morgan fingerprint density at radius 2 is 1.47 bits per heavy atom. The molecule has 17 heavy (non-hydrogen) atoms. The van der Waals surface area contributed by atoms with Gasteiger partial charge in [0.1, 0.15) is 0 Å². The van der Waals surface area contributed by atoms with Crippen LogP contribution in [0.25, 0.3) is 0 Å². The molecule has 2 rings (SSSR count). The fourth-order valence-corrected chi connectivity index (χ4v) is 11.0. The lowest BCUT2D eigenvalue weighted by atomic mass is 10.0. The minimum atomic E-state index is -0.819. The third-order valence-electron chi connectivity index (χ3n) is 5.60. The molecule has 0 N–H and O–H groups in total. The zero-order valence-electron chi connectivity index (χ0n) is 12.0. The lowest BCUT2D eigenvalue weighted by Gasteiger charge is -2.44. The lowest BCUT2D eigenvalue weighted by molar-refractivity contribution is 0.478. The highest BCUT2D eigenvalue weighted by Gasteiger charge is 2.41. The van der Waals surface area contributed by atoms with E-state index < -0.39 is 8.07 Å². The molecule has 0 radical (unpaired) electrons. The third-order valence-corrected chi connectivity index (χ3v) is 12.0. The molecule has 1 saturated carbocycles. The molecule has 0 aromatic heterocycles. The molecule has 1 heteroatoms. The Morgan fingerprint density at radius 1 is 0.824 bits per heavy atom. The summed E-state index contributed by atoms with van der Waals surface area (Å²) in [5.74, 6) is 0. The maximum absolute atomic E-state index is 2.36. The van der Waals surface area contributed by atoms with Crippen molar-refractivity contribution in [2.24, 2.45) is 0 Å². The van der Waals surface area contributed by atoms with Crippen molar-refractivity contribution < 1.29 is 0 Å². The molecule has 0 amide bonds. The van der Waals surface area contributed by atoms with E-state index in [0.717, 1.165) is 0 Å². The van der Waals surface area contributed by atoms with Crippen molar-refractivity contribution in [1.82, 2.24) is 0 Å². The highest BCUT2D eigenvalue weighted by molar-refractivity contribution is 6.81. The predicted octanol–water partition coefficient (Wildman–Crippen LogP) is 6.14. The van der Waals surface area contributed by atoms with E-state index >= 15 is 0 Å². The van der Waals surface area contributed by atoms with E-state index in [1.165, 1.54) is 24.8 Å². The molecule has 0 aromatic rings. The van der Waals surface area contributed by atoms with Crippen LogP contribution in [0.4, 0.5) is 0 Å².